The Morgan fingerprint density at radius 1 is 1.26 bits per heavy atom. The van der Waals surface area contributed by atoms with E-state index in [0.717, 1.165) is 17.3 Å². The number of carbonyl (C=O) groups excluding carboxylic acids is 1. The van der Waals surface area contributed by atoms with Crippen LogP contribution in [0.5, 0.6) is 0 Å². The maximum atomic E-state index is 13.7. The minimum atomic E-state index is -1.17. The predicted molar refractivity (Wildman–Crippen MR) is 110 cm³/mol. The molecule has 1 spiro atoms. The van der Waals surface area contributed by atoms with Crippen LogP contribution in [0.3, 0.4) is 0 Å². The molecule has 2 aliphatic heterocycles. The molecule has 7 heteroatoms. The van der Waals surface area contributed by atoms with Crippen molar-refractivity contribution in [2.75, 3.05) is 26.6 Å². The number of fused-ring (bicyclic) bond motifs is 2. The molecule has 0 radical (unpaired) electrons. The lowest BCUT2D eigenvalue weighted by Gasteiger charge is -2.56. The summed E-state index contributed by atoms with van der Waals surface area (Å²) < 4.78 is 11.6. The number of carbonyl (C=O) groups is 1. The fourth-order valence-electron chi connectivity index (χ4n) is 4.09. The Bertz CT molecular complexity index is 712. The summed E-state index contributed by atoms with van der Waals surface area (Å²) in [7, 11) is -1.17. The molecule has 0 aromatic carbocycles. The molecule has 27 heavy (non-hydrogen) atoms. The molecule has 0 saturated carbocycles. The average Bonchev–Trinajstić information content (AvgIpc) is 2.57. The Morgan fingerprint density at radius 3 is 2.44 bits per heavy atom. The van der Waals surface area contributed by atoms with E-state index in [1.807, 2.05) is 30.9 Å². The Hall–Kier alpha value is -0.953. The first-order valence-electron chi connectivity index (χ1n) is 9.85. The molecular formula is C20H31ClN2O3Si. The fourth-order valence-corrected chi connectivity index (χ4v) is 4.99. The van der Waals surface area contributed by atoms with Gasteiger partial charge in [0.1, 0.15) is 17.4 Å². The number of nitrogens with zero attached hydrogens (tertiary/aromatic N) is 2. The Kier molecular flexibility index (Phi) is 5.74. The summed E-state index contributed by atoms with van der Waals surface area (Å²) in [5.74, 6) is 0.0890. The molecule has 5 nitrogen and oxygen atoms in total. The largest absolute Gasteiger partial charge is 0.376 e. The van der Waals surface area contributed by atoms with Gasteiger partial charge in [-0.3, -0.25) is 4.79 Å². The Balaban J connectivity index is 1.96. The molecule has 1 saturated heterocycles. The average molecular weight is 411 g/mol. The van der Waals surface area contributed by atoms with Gasteiger partial charge in [-0.25, -0.2) is 4.98 Å². The van der Waals surface area contributed by atoms with Crippen LogP contribution in [-0.4, -0.2) is 50.4 Å². The second-order valence-electron chi connectivity index (χ2n) is 8.92. The van der Waals surface area contributed by atoms with Gasteiger partial charge >= 0.3 is 0 Å². The summed E-state index contributed by atoms with van der Waals surface area (Å²) in [6.07, 6.45) is 1.37. The molecule has 0 atom stereocenters. The minimum absolute atomic E-state index is 0.0890. The standard InChI is InChI=1S/C20H31ClN2O3Si/c1-6-19(7-2)17-15(8-9-16(21)22-17)20(12-26-13-20)23(18(19)24)14-25-10-11-27(3,4)5/h8-9H,6-7,10-14H2,1-5H3. The fraction of sp³-hybridized carbons (Fsp3) is 0.700. The van der Waals surface area contributed by atoms with Gasteiger partial charge in [0.25, 0.3) is 0 Å². The number of halogens is 1. The van der Waals surface area contributed by atoms with Gasteiger partial charge in [0.05, 0.1) is 24.3 Å². The molecule has 3 heterocycles. The lowest BCUT2D eigenvalue weighted by atomic mass is 9.67. The maximum Gasteiger partial charge on any atom is 0.237 e. The molecular weight excluding hydrogens is 380 g/mol. The van der Waals surface area contributed by atoms with Crippen molar-refractivity contribution in [2.24, 2.45) is 0 Å². The lowest BCUT2D eigenvalue weighted by Crippen LogP contribution is -2.69. The Labute approximate surface area is 168 Å². The third-order valence-electron chi connectivity index (χ3n) is 6.09. The topological polar surface area (TPSA) is 51.7 Å². The van der Waals surface area contributed by atoms with E-state index in [1.165, 1.54) is 0 Å². The van der Waals surface area contributed by atoms with Crippen molar-refractivity contribution in [1.82, 2.24) is 9.88 Å². The van der Waals surface area contributed by atoms with Crippen LogP contribution in [0.4, 0.5) is 0 Å². The highest BCUT2D eigenvalue weighted by Gasteiger charge is 2.59. The van der Waals surface area contributed by atoms with Gasteiger partial charge in [-0.05, 0) is 25.0 Å². The van der Waals surface area contributed by atoms with Crippen LogP contribution in [0.15, 0.2) is 12.1 Å². The molecule has 0 unspecified atom stereocenters. The first kappa shape index (κ1) is 20.8. The highest BCUT2D eigenvalue weighted by Crippen LogP contribution is 2.49. The van der Waals surface area contributed by atoms with Gasteiger partial charge in [-0.2, -0.15) is 0 Å². The number of rotatable bonds is 7. The normalized spacial score (nSPS) is 20.5. The van der Waals surface area contributed by atoms with Crippen molar-refractivity contribution >= 4 is 25.6 Å². The highest BCUT2D eigenvalue weighted by atomic mass is 35.5. The van der Waals surface area contributed by atoms with Crippen molar-refractivity contribution in [3.05, 3.63) is 28.5 Å². The molecule has 1 aromatic heterocycles. The first-order valence-corrected chi connectivity index (χ1v) is 13.9. The molecule has 150 valence electrons. The predicted octanol–water partition coefficient (Wildman–Crippen LogP) is 4.17. The van der Waals surface area contributed by atoms with Gasteiger partial charge in [0.2, 0.25) is 5.91 Å². The third kappa shape index (κ3) is 3.46. The Morgan fingerprint density at radius 2 is 1.93 bits per heavy atom. The van der Waals surface area contributed by atoms with Gasteiger partial charge < -0.3 is 14.4 Å². The summed E-state index contributed by atoms with van der Waals surface area (Å²) in [6.45, 7) is 13.0. The summed E-state index contributed by atoms with van der Waals surface area (Å²) >= 11 is 6.21. The summed E-state index contributed by atoms with van der Waals surface area (Å²) in [5, 5.41) is 0.433. The van der Waals surface area contributed by atoms with Crippen LogP contribution < -0.4 is 0 Å². The lowest BCUT2D eigenvalue weighted by molar-refractivity contribution is -0.198. The summed E-state index contributed by atoms with van der Waals surface area (Å²) in [5.41, 5.74) is 0.766. The highest BCUT2D eigenvalue weighted by molar-refractivity contribution is 6.76. The molecule has 0 bridgehead atoms. The number of hydrogen-bond donors (Lipinski definition) is 0. The summed E-state index contributed by atoms with van der Waals surface area (Å²) in [4.78, 5) is 20.2. The number of pyridine rings is 1. The van der Waals surface area contributed by atoms with Crippen LogP contribution in [0.25, 0.3) is 0 Å². The zero-order valence-corrected chi connectivity index (χ0v) is 18.9. The van der Waals surface area contributed by atoms with Crippen molar-refractivity contribution in [3.63, 3.8) is 0 Å². The van der Waals surface area contributed by atoms with Crippen LogP contribution in [0.1, 0.15) is 37.9 Å². The first-order chi connectivity index (χ1) is 12.7. The second kappa shape index (κ2) is 7.47. The van der Waals surface area contributed by atoms with Crippen molar-refractivity contribution in [3.8, 4) is 0 Å². The number of ether oxygens (including phenoxy) is 2. The summed E-state index contributed by atoms with van der Waals surface area (Å²) in [6, 6.07) is 4.92. The van der Waals surface area contributed by atoms with E-state index in [9.17, 15) is 4.79 Å². The van der Waals surface area contributed by atoms with E-state index in [-0.39, 0.29) is 5.91 Å². The molecule has 1 fully saturated rings. The zero-order valence-electron chi connectivity index (χ0n) is 17.1. The molecule has 2 aliphatic rings. The smallest absolute Gasteiger partial charge is 0.237 e. The molecule has 0 aliphatic carbocycles. The minimum Gasteiger partial charge on any atom is -0.376 e. The van der Waals surface area contributed by atoms with E-state index in [2.05, 4.69) is 24.6 Å². The van der Waals surface area contributed by atoms with Crippen molar-refractivity contribution in [2.45, 2.75) is 63.3 Å². The van der Waals surface area contributed by atoms with Gasteiger partial charge in [0.15, 0.2) is 0 Å². The van der Waals surface area contributed by atoms with Crippen LogP contribution in [-0.2, 0) is 25.2 Å². The number of aromatic nitrogens is 1. The molecule has 3 rings (SSSR count). The maximum absolute atomic E-state index is 13.7. The zero-order chi connectivity index (χ0) is 19.9. The SMILES string of the molecule is CCC1(CC)C(=O)N(COCC[Si](C)(C)C)C2(COC2)c2ccc(Cl)nc21. The second-order valence-corrected chi connectivity index (χ2v) is 14.9. The van der Waals surface area contributed by atoms with E-state index in [0.29, 0.717) is 44.5 Å². The third-order valence-corrected chi connectivity index (χ3v) is 8.01. The van der Waals surface area contributed by atoms with Crippen molar-refractivity contribution in [1.29, 1.82) is 0 Å². The van der Waals surface area contributed by atoms with Gasteiger partial charge in [-0.1, -0.05) is 51.2 Å². The number of hydrogen-bond acceptors (Lipinski definition) is 4. The van der Waals surface area contributed by atoms with Crippen molar-refractivity contribution < 1.29 is 14.3 Å². The van der Waals surface area contributed by atoms with E-state index >= 15 is 0 Å². The molecule has 0 N–H and O–H groups in total. The van der Waals surface area contributed by atoms with Crippen LogP contribution in [0.2, 0.25) is 30.8 Å². The molecule has 1 aromatic rings. The van der Waals surface area contributed by atoms with Gasteiger partial charge in [0, 0.05) is 20.2 Å². The van der Waals surface area contributed by atoms with Crippen LogP contribution >= 0.6 is 11.6 Å². The molecule has 1 amide bonds. The van der Waals surface area contributed by atoms with Gasteiger partial charge in [-0.15, -0.1) is 0 Å². The van der Waals surface area contributed by atoms with E-state index in [1.54, 1.807) is 0 Å². The quantitative estimate of drug-likeness (QED) is 0.384. The van der Waals surface area contributed by atoms with E-state index in [4.69, 9.17) is 21.1 Å². The van der Waals surface area contributed by atoms with Crippen LogP contribution in [0, 0.1) is 0 Å². The monoisotopic (exact) mass is 410 g/mol. The van der Waals surface area contributed by atoms with E-state index < -0.39 is 19.0 Å². The number of amides is 1.